The number of anilines is 1. The Hall–Kier alpha value is -1.36. The number of hydrogen-bond acceptors (Lipinski definition) is 4. The van der Waals surface area contributed by atoms with Crippen molar-refractivity contribution in [2.45, 2.75) is 39.5 Å². The first-order chi connectivity index (χ1) is 9.27. The van der Waals surface area contributed by atoms with Gasteiger partial charge < -0.3 is 10.2 Å². The van der Waals surface area contributed by atoms with Gasteiger partial charge in [0.05, 0.1) is 6.54 Å². The molecule has 1 amide bonds. The summed E-state index contributed by atoms with van der Waals surface area (Å²) in [4.78, 5) is 22.4. The molecule has 1 rings (SSSR count). The van der Waals surface area contributed by atoms with Gasteiger partial charge in [-0.2, -0.15) is 0 Å². The van der Waals surface area contributed by atoms with Gasteiger partial charge in [-0.25, -0.2) is 9.97 Å². The van der Waals surface area contributed by atoms with Crippen LogP contribution in [0, 0.1) is 0 Å². The lowest BCUT2D eigenvalue weighted by Crippen LogP contribution is -2.37. The fraction of sp³-hybridized carbons (Fsp3) is 0.643. The van der Waals surface area contributed by atoms with Crippen molar-refractivity contribution in [2.24, 2.45) is 0 Å². The van der Waals surface area contributed by atoms with E-state index >= 15 is 0 Å². The lowest BCUT2D eigenvalue weighted by Gasteiger charge is -2.25. The zero-order valence-electron chi connectivity index (χ0n) is 12.8. The summed E-state index contributed by atoms with van der Waals surface area (Å²) in [7, 11) is 1.62. The van der Waals surface area contributed by atoms with Crippen LogP contribution in [0.2, 0.25) is 5.15 Å². The number of carbonyl (C=O) groups excluding carboxylic acids is 1. The number of aromatic nitrogens is 2. The average molecular weight is 299 g/mol. The zero-order chi connectivity index (χ0) is 15.3. The standard InChI is InChI=1S/C14H23ClN4O/c1-6-7-19(9-12(20)16-5)11-8-10(15)17-13(18-11)14(2,3)4/h8H,6-7,9H2,1-5H3,(H,16,20). The normalized spacial score (nSPS) is 11.3. The molecule has 0 saturated carbocycles. The predicted octanol–water partition coefficient (Wildman–Crippen LogP) is 2.39. The Morgan fingerprint density at radius 1 is 1.40 bits per heavy atom. The van der Waals surface area contributed by atoms with Crippen molar-refractivity contribution in [1.82, 2.24) is 15.3 Å². The summed E-state index contributed by atoms with van der Waals surface area (Å²) in [6, 6.07) is 1.70. The molecule has 1 heterocycles. The van der Waals surface area contributed by atoms with Crippen molar-refractivity contribution in [3.63, 3.8) is 0 Å². The van der Waals surface area contributed by atoms with Crippen LogP contribution < -0.4 is 10.2 Å². The van der Waals surface area contributed by atoms with Crippen LogP contribution in [0.4, 0.5) is 5.82 Å². The molecule has 0 aliphatic carbocycles. The molecule has 0 saturated heterocycles. The van der Waals surface area contributed by atoms with Crippen LogP contribution in [0.1, 0.15) is 39.9 Å². The minimum absolute atomic E-state index is 0.0505. The molecule has 0 aliphatic rings. The summed E-state index contributed by atoms with van der Waals surface area (Å²) < 4.78 is 0. The smallest absolute Gasteiger partial charge is 0.239 e. The third kappa shape index (κ3) is 4.63. The molecule has 0 unspecified atom stereocenters. The number of amides is 1. The van der Waals surface area contributed by atoms with Gasteiger partial charge >= 0.3 is 0 Å². The van der Waals surface area contributed by atoms with Crippen molar-refractivity contribution in [1.29, 1.82) is 0 Å². The summed E-state index contributed by atoms with van der Waals surface area (Å²) in [5.74, 6) is 1.32. The van der Waals surface area contributed by atoms with Gasteiger partial charge in [-0.3, -0.25) is 4.79 Å². The molecule has 0 bridgehead atoms. The predicted molar refractivity (Wildman–Crippen MR) is 82.3 cm³/mol. The molecule has 1 aromatic heterocycles. The minimum Gasteiger partial charge on any atom is -0.358 e. The number of likely N-dealkylation sites (N-methyl/N-ethyl adjacent to an activating group) is 1. The molecule has 20 heavy (non-hydrogen) atoms. The SMILES string of the molecule is CCCN(CC(=O)NC)c1cc(Cl)nc(C(C)(C)C)n1. The van der Waals surface area contributed by atoms with Crippen molar-refractivity contribution in [3.8, 4) is 0 Å². The van der Waals surface area contributed by atoms with Crippen molar-refractivity contribution in [2.75, 3.05) is 25.0 Å². The summed E-state index contributed by atoms with van der Waals surface area (Å²) >= 11 is 6.09. The van der Waals surface area contributed by atoms with Crippen LogP contribution in [0.25, 0.3) is 0 Å². The summed E-state index contributed by atoms with van der Waals surface area (Å²) in [5, 5.41) is 3.03. The Bertz CT molecular complexity index is 471. The summed E-state index contributed by atoms with van der Waals surface area (Å²) in [5.41, 5.74) is -0.190. The van der Waals surface area contributed by atoms with Crippen LogP contribution in [0.3, 0.4) is 0 Å². The molecule has 0 aromatic carbocycles. The Morgan fingerprint density at radius 2 is 2.05 bits per heavy atom. The van der Waals surface area contributed by atoms with Gasteiger partial charge in [0.1, 0.15) is 16.8 Å². The average Bonchev–Trinajstić information content (AvgIpc) is 2.36. The maximum absolute atomic E-state index is 11.6. The van der Waals surface area contributed by atoms with Crippen LogP contribution in [0.5, 0.6) is 0 Å². The van der Waals surface area contributed by atoms with Crippen LogP contribution in [-0.2, 0) is 10.2 Å². The van der Waals surface area contributed by atoms with E-state index in [2.05, 4.69) is 22.2 Å². The fourth-order valence-electron chi connectivity index (χ4n) is 1.70. The van der Waals surface area contributed by atoms with Gasteiger partial charge in [-0.15, -0.1) is 0 Å². The van der Waals surface area contributed by atoms with Crippen LogP contribution in [0.15, 0.2) is 6.07 Å². The summed E-state index contributed by atoms with van der Waals surface area (Å²) in [6.45, 7) is 9.16. The van der Waals surface area contributed by atoms with Gasteiger partial charge in [0, 0.05) is 25.1 Å². The van der Waals surface area contributed by atoms with E-state index in [0.717, 1.165) is 13.0 Å². The molecule has 0 aliphatic heterocycles. The fourth-order valence-corrected chi connectivity index (χ4v) is 1.88. The van der Waals surface area contributed by atoms with E-state index in [0.29, 0.717) is 16.8 Å². The molecular weight excluding hydrogens is 276 g/mol. The topological polar surface area (TPSA) is 58.1 Å². The number of hydrogen-bond donors (Lipinski definition) is 1. The van der Waals surface area contributed by atoms with Gasteiger partial charge in [-0.05, 0) is 6.42 Å². The highest BCUT2D eigenvalue weighted by Crippen LogP contribution is 2.24. The molecule has 0 atom stereocenters. The monoisotopic (exact) mass is 298 g/mol. The highest BCUT2D eigenvalue weighted by molar-refractivity contribution is 6.29. The first-order valence-corrected chi connectivity index (χ1v) is 7.16. The molecule has 5 nitrogen and oxygen atoms in total. The number of halogens is 1. The Balaban J connectivity index is 3.12. The van der Waals surface area contributed by atoms with Gasteiger partial charge in [-0.1, -0.05) is 39.3 Å². The maximum Gasteiger partial charge on any atom is 0.239 e. The van der Waals surface area contributed by atoms with E-state index in [9.17, 15) is 4.79 Å². The van der Waals surface area contributed by atoms with Gasteiger partial charge in [0.15, 0.2) is 0 Å². The lowest BCUT2D eigenvalue weighted by atomic mass is 9.96. The largest absolute Gasteiger partial charge is 0.358 e. The second-order valence-corrected chi connectivity index (χ2v) is 6.10. The van der Waals surface area contributed by atoms with Crippen molar-refractivity contribution >= 4 is 23.3 Å². The number of nitrogens with one attached hydrogen (secondary N) is 1. The van der Waals surface area contributed by atoms with E-state index in [-0.39, 0.29) is 17.9 Å². The minimum atomic E-state index is -0.190. The Labute approximate surface area is 125 Å². The number of carbonyl (C=O) groups is 1. The second kappa shape index (κ2) is 6.88. The lowest BCUT2D eigenvalue weighted by molar-refractivity contribution is -0.119. The molecule has 0 radical (unpaired) electrons. The highest BCUT2D eigenvalue weighted by atomic mass is 35.5. The van der Waals surface area contributed by atoms with Crippen molar-refractivity contribution < 1.29 is 4.79 Å². The summed E-state index contributed by atoms with van der Waals surface area (Å²) in [6.07, 6.45) is 0.920. The second-order valence-electron chi connectivity index (χ2n) is 5.72. The Morgan fingerprint density at radius 3 is 2.55 bits per heavy atom. The molecule has 1 N–H and O–H groups in total. The molecule has 0 fully saturated rings. The maximum atomic E-state index is 11.6. The third-order valence-electron chi connectivity index (χ3n) is 2.78. The first kappa shape index (κ1) is 16.7. The molecule has 1 aromatic rings. The van der Waals surface area contributed by atoms with Gasteiger partial charge in [0.25, 0.3) is 0 Å². The van der Waals surface area contributed by atoms with Gasteiger partial charge in [0.2, 0.25) is 5.91 Å². The van der Waals surface area contributed by atoms with Crippen molar-refractivity contribution in [3.05, 3.63) is 17.0 Å². The number of nitrogens with zero attached hydrogens (tertiary/aromatic N) is 3. The molecule has 0 spiro atoms. The van der Waals surface area contributed by atoms with Crippen LogP contribution >= 0.6 is 11.6 Å². The van der Waals surface area contributed by atoms with E-state index in [1.807, 2.05) is 25.7 Å². The van der Waals surface area contributed by atoms with E-state index in [1.54, 1.807) is 13.1 Å². The third-order valence-corrected chi connectivity index (χ3v) is 2.98. The van der Waals surface area contributed by atoms with E-state index in [1.165, 1.54) is 0 Å². The highest BCUT2D eigenvalue weighted by Gasteiger charge is 2.21. The first-order valence-electron chi connectivity index (χ1n) is 6.78. The zero-order valence-corrected chi connectivity index (χ0v) is 13.6. The molecule has 112 valence electrons. The quantitative estimate of drug-likeness (QED) is 0.848. The Kier molecular flexibility index (Phi) is 5.74. The van der Waals surface area contributed by atoms with E-state index in [4.69, 9.17) is 11.6 Å². The molecule has 6 heteroatoms. The molecular formula is C14H23ClN4O. The number of rotatable bonds is 5. The van der Waals surface area contributed by atoms with Crippen LogP contribution in [-0.4, -0.2) is 36.0 Å². The van der Waals surface area contributed by atoms with E-state index < -0.39 is 0 Å².